The Morgan fingerprint density at radius 3 is 2.82 bits per heavy atom. The second-order valence-electron chi connectivity index (χ2n) is 4.82. The average molecular weight is 231 g/mol. The van der Waals surface area contributed by atoms with Crippen LogP contribution in [0.2, 0.25) is 0 Å². The van der Waals surface area contributed by atoms with Gasteiger partial charge in [-0.3, -0.25) is 10.3 Å². The van der Waals surface area contributed by atoms with Gasteiger partial charge in [-0.05, 0) is 37.4 Å². The molecule has 0 aromatic heterocycles. The van der Waals surface area contributed by atoms with Crippen LogP contribution in [0, 0.1) is 5.41 Å². The van der Waals surface area contributed by atoms with Gasteiger partial charge < -0.3 is 5.73 Å². The van der Waals surface area contributed by atoms with Gasteiger partial charge in [-0.15, -0.1) is 0 Å². The van der Waals surface area contributed by atoms with E-state index in [2.05, 4.69) is 17.9 Å². The summed E-state index contributed by atoms with van der Waals surface area (Å²) in [5.41, 5.74) is 7.60. The molecule has 0 atom stereocenters. The quantitative estimate of drug-likeness (QED) is 0.583. The van der Waals surface area contributed by atoms with Crippen molar-refractivity contribution in [1.29, 1.82) is 5.41 Å². The van der Waals surface area contributed by atoms with Crippen LogP contribution in [0.15, 0.2) is 24.3 Å². The number of nitrogens with two attached hydrogens (primary N) is 1. The minimum absolute atomic E-state index is 0.153. The lowest BCUT2D eigenvalue weighted by Crippen LogP contribution is -2.26. The van der Waals surface area contributed by atoms with Crippen molar-refractivity contribution in [3.8, 4) is 0 Å². The molecule has 1 aromatic carbocycles. The summed E-state index contributed by atoms with van der Waals surface area (Å²) in [5.74, 6) is 0.153. The Hall–Kier alpha value is -1.35. The maximum atomic E-state index is 7.46. The molecular formula is C14H21N3. The largest absolute Gasteiger partial charge is 0.384 e. The van der Waals surface area contributed by atoms with E-state index in [1.165, 1.54) is 24.8 Å². The number of amidine groups is 1. The maximum absolute atomic E-state index is 7.46. The molecule has 1 fully saturated rings. The second kappa shape index (κ2) is 5.32. The molecule has 1 aromatic rings. The van der Waals surface area contributed by atoms with Crippen LogP contribution in [-0.2, 0) is 6.54 Å². The van der Waals surface area contributed by atoms with E-state index in [1.807, 2.05) is 18.2 Å². The summed E-state index contributed by atoms with van der Waals surface area (Å²) < 4.78 is 0. The minimum atomic E-state index is 0.153. The Morgan fingerprint density at radius 2 is 2.24 bits per heavy atom. The van der Waals surface area contributed by atoms with Crippen molar-refractivity contribution < 1.29 is 0 Å². The van der Waals surface area contributed by atoms with Crippen LogP contribution < -0.4 is 5.73 Å². The summed E-state index contributed by atoms with van der Waals surface area (Å²) in [5, 5.41) is 7.46. The summed E-state index contributed by atoms with van der Waals surface area (Å²) in [6.45, 7) is 4.37. The summed E-state index contributed by atoms with van der Waals surface area (Å²) in [4.78, 5) is 2.54. The van der Waals surface area contributed by atoms with Crippen molar-refractivity contribution in [2.24, 2.45) is 5.73 Å². The van der Waals surface area contributed by atoms with Crippen molar-refractivity contribution in [3.63, 3.8) is 0 Å². The molecule has 1 aliphatic carbocycles. The van der Waals surface area contributed by atoms with Crippen LogP contribution in [0.3, 0.4) is 0 Å². The van der Waals surface area contributed by atoms with Crippen LogP contribution in [0.25, 0.3) is 0 Å². The normalized spacial score (nSPS) is 15.2. The standard InChI is InChI=1S/C14H21N3/c1-2-8-17(13-6-7-13)10-11-4-3-5-12(9-11)14(15)16/h3-5,9,13H,2,6-8,10H2,1H3,(H3,15,16). The molecule has 3 nitrogen and oxygen atoms in total. The lowest BCUT2D eigenvalue weighted by atomic mass is 10.1. The fourth-order valence-electron chi connectivity index (χ4n) is 2.19. The molecule has 1 aliphatic rings. The first-order chi connectivity index (χ1) is 8.20. The Morgan fingerprint density at radius 1 is 1.47 bits per heavy atom. The van der Waals surface area contributed by atoms with Gasteiger partial charge >= 0.3 is 0 Å². The maximum Gasteiger partial charge on any atom is 0.122 e. The van der Waals surface area contributed by atoms with Crippen LogP contribution in [0.4, 0.5) is 0 Å². The highest BCUT2D eigenvalue weighted by Gasteiger charge is 2.28. The molecule has 0 saturated heterocycles. The number of hydrogen-bond acceptors (Lipinski definition) is 2. The average Bonchev–Trinajstić information content (AvgIpc) is 3.13. The van der Waals surface area contributed by atoms with E-state index in [9.17, 15) is 0 Å². The van der Waals surface area contributed by atoms with E-state index in [-0.39, 0.29) is 5.84 Å². The highest BCUT2D eigenvalue weighted by molar-refractivity contribution is 5.95. The lowest BCUT2D eigenvalue weighted by Gasteiger charge is -2.21. The van der Waals surface area contributed by atoms with Gasteiger partial charge in [-0.1, -0.05) is 25.1 Å². The third-order valence-corrected chi connectivity index (χ3v) is 3.20. The van der Waals surface area contributed by atoms with Gasteiger partial charge in [0.25, 0.3) is 0 Å². The topological polar surface area (TPSA) is 53.1 Å². The van der Waals surface area contributed by atoms with Crippen molar-refractivity contribution in [3.05, 3.63) is 35.4 Å². The van der Waals surface area contributed by atoms with E-state index < -0.39 is 0 Å². The number of benzene rings is 1. The molecule has 92 valence electrons. The van der Waals surface area contributed by atoms with Gasteiger partial charge in [-0.2, -0.15) is 0 Å². The first-order valence-corrected chi connectivity index (χ1v) is 6.38. The highest BCUT2D eigenvalue weighted by atomic mass is 15.2. The third-order valence-electron chi connectivity index (χ3n) is 3.20. The van der Waals surface area contributed by atoms with Gasteiger partial charge in [0.05, 0.1) is 0 Å². The second-order valence-corrected chi connectivity index (χ2v) is 4.82. The van der Waals surface area contributed by atoms with E-state index in [1.54, 1.807) is 0 Å². The number of nitrogen functional groups attached to an aromatic ring is 1. The van der Waals surface area contributed by atoms with Crippen molar-refractivity contribution in [2.75, 3.05) is 6.54 Å². The molecule has 2 rings (SSSR count). The number of nitrogens with zero attached hydrogens (tertiary/aromatic N) is 1. The van der Waals surface area contributed by atoms with E-state index in [0.29, 0.717) is 0 Å². The smallest absolute Gasteiger partial charge is 0.122 e. The zero-order chi connectivity index (χ0) is 12.3. The van der Waals surface area contributed by atoms with Crippen LogP contribution in [0.1, 0.15) is 37.3 Å². The molecule has 3 N–H and O–H groups in total. The lowest BCUT2D eigenvalue weighted by molar-refractivity contribution is 0.255. The molecule has 0 aliphatic heterocycles. The van der Waals surface area contributed by atoms with E-state index in [0.717, 1.165) is 24.7 Å². The van der Waals surface area contributed by atoms with Crippen molar-refractivity contribution in [2.45, 2.75) is 38.8 Å². The molecule has 17 heavy (non-hydrogen) atoms. The summed E-state index contributed by atoms with van der Waals surface area (Å²) in [6, 6.07) is 8.83. The fraction of sp³-hybridized carbons (Fsp3) is 0.500. The van der Waals surface area contributed by atoms with E-state index in [4.69, 9.17) is 11.1 Å². The SMILES string of the molecule is CCCN(Cc1cccc(C(=N)N)c1)C1CC1. The fourth-order valence-corrected chi connectivity index (χ4v) is 2.19. The van der Waals surface area contributed by atoms with Gasteiger partial charge in [0.2, 0.25) is 0 Å². The van der Waals surface area contributed by atoms with Gasteiger partial charge in [0.1, 0.15) is 5.84 Å². The molecular weight excluding hydrogens is 210 g/mol. The Kier molecular flexibility index (Phi) is 3.79. The molecule has 0 bridgehead atoms. The molecule has 0 heterocycles. The molecule has 1 saturated carbocycles. The molecule has 0 radical (unpaired) electrons. The number of hydrogen-bond donors (Lipinski definition) is 2. The first kappa shape index (κ1) is 12.1. The predicted molar refractivity (Wildman–Crippen MR) is 71.2 cm³/mol. The predicted octanol–water partition coefficient (Wildman–Crippen LogP) is 2.35. The monoisotopic (exact) mass is 231 g/mol. The Balaban J connectivity index is 2.05. The minimum Gasteiger partial charge on any atom is -0.384 e. The Labute approximate surface area is 103 Å². The molecule has 0 amide bonds. The van der Waals surface area contributed by atoms with Gasteiger partial charge in [-0.25, -0.2) is 0 Å². The zero-order valence-electron chi connectivity index (χ0n) is 10.4. The summed E-state index contributed by atoms with van der Waals surface area (Å²) >= 11 is 0. The summed E-state index contributed by atoms with van der Waals surface area (Å²) in [7, 11) is 0. The highest BCUT2D eigenvalue weighted by Crippen LogP contribution is 2.28. The third kappa shape index (κ3) is 3.30. The Bertz CT molecular complexity index is 396. The van der Waals surface area contributed by atoms with Crippen molar-refractivity contribution in [1.82, 2.24) is 4.90 Å². The molecule has 0 unspecified atom stereocenters. The van der Waals surface area contributed by atoms with Gasteiger partial charge in [0, 0.05) is 18.2 Å². The molecule has 3 heteroatoms. The van der Waals surface area contributed by atoms with Crippen molar-refractivity contribution >= 4 is 5.84 Å². The van der Waals surface area contributed by atoms with Crippen LogP contribution in [0.5, 0.6) is 0 Å². The van der Waals surface area contributed by atoms with E-state index >= 15 is 0 Å². The number of nitrogens with one attached hydrogen (secondary N) is 1. The summed E-state index contributed by atoms with van der Waals surface area (Å²) in [6.07, 6.45) is 3.88. The van der Waals surface area contributed by atoms with Crippen LogP contribution >= 0.6 is 0 Å². The number of rotatable bonds is 6. The van der Waals surface area contributed by atoms with Gasteiger partial charge in [0.15, 0.2) is 0 Å². The molecule has 0 spiro atoms. The zero-order valence-corrected chi connectivity index (χ0v) is 10.4. The van der Waals surface area contributed by atoms with Crippen LogP contribution in [-0.4, -0.2) is 23.3 Å². The first-order valence-electron chi connectivity index (χ1n) is 6.38.